The van der Waals surface area contributed by atoms with Crippen LogP contribution in [0.2, 0.25) is 0 Å². The van der Waals surface area contributed by atoms with E-state index in [2.05, 4.69) is 241 Å². The van der Waals surface area contributed by atoms with Crippen molar-refractivity contribution in [3.8, 4) is 0 Å². The van der Waals surface area contributed by atoms with Crippen LogP contribution >= 0.6 is 0 Å². The number of hydrogen-bond donors (Lipinski definition) is 0. The lowest BCUT2D eigenvalue weighted by molar-refractivity contribution is 0.590. The van der Waals surface area contributed by atoms with Gasteiger partial charge in [-0.05, 0) is 145 Å². The van der Waals surface area contributed by atoms with E-state index in [1.165, 1.54) is 86.9 Å². The summed E-state index contributed by atoms with van der Waals surface area (Å²) in [4.78, 5) is 0. The van der Waals surface area contributed by atoms with Gasteiger partial charge in [0.2, 0.25) is 0 Å². The SMILES string of the molecule is CC(C)(C)c1ccc2cc3cc(C(C)(C)C)ccc3cc2c1.CC(C)(C)c1ccc2cc3ccc(C(C)(C)C)cc3cc2c1.c1ccc2cc3ccccc3cc2c1. The molecule has 0 amide bonds. The summed E-state index contributed by atoms with van der Waals surface area (Å²) in [5, 5.41) is 15.9. The molecule has 0 nitrogen and oxygen atoms in total. The van der Waals surface area contributed by atoms with E-state index in [1.807, 2.05) is 0 Å². The Morgan fingerprint density at radius 1 is 0.190 bits per heavy atom. The van der Waals surface area contributed by atoms with E-state index in [0.717, 1.165) is 0 Å². The van der Waals surface area contributed by atoms with Crippen molar-refractivity contribution in [2.45, 2.75) is 105 Å². The topological polar surface area (TPSA) is 0 Å². The van der Waals surface area contributed by atoms with Gasteiger partial charge < -0.3 is 0 Å². The van der Waals surface area contributed by atoms with Crippen molar-refractivity contribution in [2.24, 2.45) is 0 Å². The highest BCUT2D eigenvalue weighted by Gasteiger charge is 2.17. The molecule has 9 aromatic rings. The summed E-state index contributed by atoms with van der Waals surface area (Å²) < 4.78 is 0. The third-order valence-corrected chi connectivity index (χ3v) is 11.7. The molecule has 0 aromatic heterocycles. The first-order valence-electron chi connectivity index (χ1n) is 21.1. The van der Waals surface area contributed by atoms with E-state index >= 15 is 0 Å². The van der Waals surface area contributed by atoms with Gasteiger partial charge in [-0.15, -0.1) is 0 Å². The molecule has 0 heteroatoms. The summed E-state index contributed by atoms with van der Waals surface area (Å²) >= 11 is 0. The van der Waals surface area contributed by atoms with Crippen LogP contribution in [0.5, 0.6) is 0 Å². The van der Waals surface area contributed by atoms with E-state index in [4.69, 9.17) is 0 Å². The first kappa shape index (κ1) is 40.7. The zero-order chi connectivity index (χ0) is 41.6. The molecule has 9 rings (SSSR count). The van der Waals surface area contributed by atoms with E-state index < -0.39 is 0 Å². The molecule has 0 N–H and O–H groups in total. The first-order valence-corrected chi connectivity index (χ1v) is 21.1. The van der Waals surface area contributed by atoms with Crippen LogP contribution in [0.1, 0.15) is 105 Å². The van der Waals surface area contributed by atoms with Gasteiger partial charge in [0.1, 0.15) is 0 Å². The molecule has 0 atom stereocenters. The van der Waals surface area contributed by atoms with Crippen LogP contribution in [0.3, 0.4) is 0 Å². The van der Waals surface area contributed by atoms with Crippen LogP contribution in [0, 0.1) is 0 Å². The van der Waals surface area contributed by atoms with Crippen molar-refractivity contribution in [1.82, 2.24) is 0 Å². The average molecular weight is 759 g/mol. The van der Waals surface area contributed by atoms with Gasteiger partial charge in [0.15, 0.2) is 0 Å². The van der Waals surface area contributed by atoms with E-state index in [0.29, 0.717) is 0 Å². The minimum atomic E-state index is 0.191. The Balaban J connectivity index is 0.000000136. The molecule has 0 unspecified atom stereocenters. The number of benzene rings is 9. The summed E-state index contributed by atoms with van der Waals surface area (Å²) in [6.07, 6.45) is 0. The zero-order valence-electron chi connectivity index (χ0n) is 37.0. The Morgan fingerprint density at radius 3 is 0.569 bits per heavy atom. The molecule has 0 radical (unpaired) electrons. The molecule has 0 heterocycles. The molecular weight excluding hydrogens is 697 g/mol. The Morgan fingerprint density at radius 2 is 0.362 bits per heavy atom. The quantitative estimate of drug-likeness (QED) is 0.135. The average Bonchev–Trinajstić information content (AvgIpc) is 3.16. The summed E-state index contributed by atoms with van der Waals surface area (Å²) in [5.74, 6) is 0. The number of fused-ring (bicyclic) bond motifs is 6. The third kappa shape index (κ3) is 9.13. The van der Waals surface area contributed by atoms with Crippen molar-refractivity contribution in [3.05, 3.63) is 180 Å². The van der Waals surface area contributed by atoms with Gasteiger partial charge in [-0.3, -0.25) is 0 Å². The third-order valence-electron chi connectivity index (χ3n) is 11.7. The number of hydrogen-bond acceptors (Lipinski definition) is 0. The molecule has 9 aromatic carbocycles. The Labute approximate surface area is 347 Å². The van der Waals surface area contributed by atoms with Gasteiger partial charge in [0.25, 0.3) is 0 Å². The molecule has 0 bridgehead atoms. The molecule has 0 spiro atoms. The van der Waals surface area contributed by atoms with Gasteiger partial charge >= 0.3 is 0 Å². The summed E-state index contributed by atoms with van der Waals surface area (Å²) in [6, 6.07) is 58.2. The number of rotatable bonds is 0. The van der Waals surface area contributed by atoms with Gasteiger partial charge in [-0.1, -0.05) is 204 Å². The van der Waals surface area contributed by atoms with Gasteiger partial charge in [0, 0.05) is 0 Å². The maximum Gasteiger partial charge on any atom is -0.0132 e. The summed E-state index contributed by atoms with van der Waals surface area (Å²) in [7, 11) is 0. The lowest BCUT2D eigenvalue weighted by Crippen LogP contribution is -2.11. The smallest absolute Gasteiger partial charge is 0.0132 e. The molecule has 0 saturated carbocycles. The summed E-state index contributed by atoms with van der Waals surface area (Å²) in [5.41, 5.74) is 6.35. The molecule has 0 fully saturated rings. The lowest BCUT2D eigenvalue weighted by Gasteiger charge is -2.21. The van der Waals surface area contributed by atoms with Crippen molar-refractivity contribution < 1.29 is 0 Å². The highest BCUT2D eigenvalue weighted by Crippen LogP contribution is 2.33. The van der Waals surface area contributed by atoms with Crippen molar-refractivity contribution in [3.63, 3.8) is 0 Å². The zero-order valence-corrected chi connectivity index (χ0v) is 37.0. The predicted molar refractivity (Wildman–Crippen MR) is 259 cm³/mol. The van der Waals surface area contributed by atoms with Crippen LogP contribution < -0.4 is 0 Å². The maximum absolute atomic E-state index is 2.35. The molecule has 0 aliphatic rings. The fourth-order valence-electron chi connectivity index (χ4n) is 7.74. The van der Waals surface area contributed by atoms with Crippen molar-refractivity contribution in [1.29, 1.82) is 0 Å². The van der Waals surface area contributed by atoms with Crippen LogP contribution in [0.4, 0.5) is 0 Å². The monoisotopic (exact) mass is 758 g/mol. The van der Waals surface area contributed by atoms with Crippen molar-refractivity contribution >= 4 is 64.6 Å². The molecule has 58 heavy (non-hydrogen) atoms. The minimum absolute atomic E-state index is 0.191. The van der Waals surface area contributed by atoms with Crippen LogP contribution in [0.15, 0.2) is 158 Å². The highest BCUT2D eigenvalue weighted by atomic mass is 14.2. The second-order valence-corrected chi connectivity index (χ2v) is 20.5. The molecule has 0 aliphatic carbocycles. The molecule has 0 saturated heterocycles. The van der Waals surface area contributed by atoms with E-state index in [-0.39, 0.29) is 21.7 Å². The Bertz CT molecular complexity index is 2660. The van der Waals surface area contributed by atoms with Crippen LogP contribution in [-0.4, -0.2) is 0 Å². The standard InChI is InChI=1S/2C22H26.C14H10/c1-21(2,3)19-9-7-15-12-18-14-20(22(4,5)6)10-8-16(18)11-17(15)13-19;1-21(2,3)19-9-7-15-11-16-8-10-20(22(4,5)6)14-18(16)12-17(15)13-19;1-2-6-12-10-14-8-4-3-7-13(14)9-11(12)5-1/h2*7-14H,1-6H3;1-10H. The van der Waals surface area contributed by atoms with Gasteiger partial charge in [0.05, 0.1) is 0 Å². The van der Waals surface area contributed by atoms with Gasteiger partial charge in [-0.2, -0.15) is 0 Å². The van der Waals surface area contributed by atoms with Crippen LogP contribution in [0.25, 0.3) is 64.6 Å². The Kier molecular flexibility index (Phi) is 10.8. The normalized spacial score (nSPS) is 12.5. The summed E-state index contributed by atoms with van der Waals surface area (Å²) in [6.45, 7) is 27.2. The second kappa shape index (κ2) is 15.4. The van der Waals surface area contributed by atoms with E-state index in [9.17, 15) is 0 Å². The second-order valence-electron chi connectivity index (χ2n) is 20.5. The van der Waals surface area contributed by atoms with Gasteiger partial charge in [-0.25, -0.2) is 0 Å². The molecule has 294 valence electrons. The Hall–Kier alpha value is -5.46. The fraction of sp³-hybridized carbons (Fsp3) is 0.276. The fourth-order valence-corrected chi connectivity index (χ4v) is 7.74. The first-order chi connectivity index (χ1) is 27.2. The predicted octanol–water partition coefficient (Wildman–Crippen LogP) is 17.2. The van der Waals surface area contributed by atoms with E-state index in [1.54, 1.807) is 0 Å². The molecular formula is C58H62. The highest BCUT2D eigenvalue weighted by molar-refractivity contribution is 6.00. The minimum Gasteiger partial charge on any atom is -0.0616 e. The maximum atomic E-state index is 2.35. The molecule has 0 aliphatic heterocycles. The van der Waals surface area contributed by atoms with Crippen molar-refractivity contribution in [2.75, 3.05) is 0 Å². The lowest BCUT2D eigenvalue weighted by atomic mass is 9.84. The largest absolute Gasteiger partial charge is 0.0616 e. The van der Waals surface area contributed by atoms with Crippen LogP contribution in [-0.2, 0) is 21.7 Å².